The second kappa shape index (κ2) is 8.57. The summed E-state index contributed by atoms with van der Waals surface area (Å²) < 4.78 is 0. The molecule has 2 aromatic carbocycles. The number of carboxylic acids is 1. The molecule has 0 unspecified atom stereocenters. The zero-order valence-corrected chi connectivity index (χ0v) is 18.2. The summed E-state index contributed by atoms with van der Waals surface area (Å²) in [6.45, 7) is 4.01. The van der Waals surface area contributed by atoms with Crippen LogP contribution in [0.3, 0.4) is 0 Å². The Morgan fingerprint density at radius 2 is 1.72 bits per heavy atom. The Balaban J connectivity index is 1.53. The number of fused-ring (bicyclic) bond motifs is 1. The minimum atomic E-state index is -0.822. The van der Waals surface area contributed by atoms with Crippen LogP contribution < -0.4 is 10.2 Å². The number of nitrogens with one attached hydrogen (secondary N) is 1. The highest BCUT2D eigenvalue weighted by molar-refractivity contribution is 6.35. The molecule has 0 aromatic heterocycles. The van der Waals surface area contributed by atoms with E-state index in [0.29, 0.717) is 12.1 Å². The number of aliphatic carboxylic acids is 1. The summed E-state index contributed by atoms with van der Waals surface area (Å²) in [5, 5.41) is 12.2. The lowest BCUT2D eigenvalue weighted by Crippen LogP contribution is -2.37. The van der Waals surface area contributed by atoms with Crippen molar-refractivity contribution in [3.8, 4) is 0 Å². The third-order valence-electron chi connectivity index (χ3n) is 6.51. The second-order valence-corrected chi connectivity index (χ2v) is 8.70. The van der Waals surface area contributed by atoms with Gasteiger partial charge in [-0.15, -0.1) is 0 Å². The summed E-state index contributed by atoms with van der Waals surface area (Å²) in [6, 6.07) is 10.1. The molecule has 0 radical (unpaired) electrons. The van der Waals surface area contributed by atoms with E-state index < -0.39 is 23.7 Å². The lowest BCUT2D eigenvalue weighted by Gasteiger charge is -2.28. The number of hydrogen-bond acceptors (Lipinski definition) is 4. The molecule has 1 aliphatic heterocycles. The van der Waals surface area contributed by atoms with Crippen LogP contribution >= 0.6 is 0 Å². The number of carboxylic acid groups (broad SMARTS) is 1. The Bertz CT molecular complexity index is 1120. The largest absolute Gasteiger partial charge is 0.481 e. The van der Waals surface area contributed by atoms with Crippen LogP contribution in [0.2, 0.25) is 0 Å². The Morgan fingerprint density at radius 3 is 2.47 bits per heavy atom. The Labute approximate surface area is 186 Å². The molecule has 1 saturated carbocycles. The van der Waals surface area contributed by atoms with Crippen LogP contribution in [-0.2, 0) is 4.79 Å². The van der Waals surface area contributed by atoms with E-state index in [0.717, 1.165) is 35.3 Å². The normalized spacial score (nSPS) is 20.2. The fraction of sp³-hybridized carbons (Fsp3) is 0.360. The first-order valence-corrected chi connectivity index (χ1v) is 10.9. The van der Waals surface area contributed by atoms with Gasteiger partial charge in [-0.2, -0.15) is 0 Å². The zero-order valence-electron chi connectivity index (χ0n) is 18.2. The van der Waals surface area contributed by atoms with E-state index >= 15 is 0 Å². The molecule has 3 amide bonds. The topological polar surface area (TPSA) is 104 Å². The Hall–Kier alpha value is -3.48. The van der Waals surface area contributed by atoms with Crippen LogP contribution in [0.25, 0.3) is 0 Å². The number of amides is 3. The van der Waals surface area contributed by atoms with Gasteiger partial charge in [0.05, 0.1) is 22.7 Å². The molecule has 1 heterocycles. The molecule has 4 rings (SSSR count). The third-order valence-corrected chi connectivity index (χ3v) is 6.51. The standard InChI is InChI=1S/C25H26N2O5/c1-14-7-8-15(2)21(11-14)27-23(29)19-10-9-16(12-20(19)24(27)30)22(28)26-13-17-5-3-4-6-18(17)25(31)32/h7-12,17-18H,3-6,13H2,1-2H3,(H,26,28)(H,31,32)/t17-,18-/m0/s1. The Morgan fingerprint density at radius 1 is 1.00 bits per heavy atom. The fourth-order valence-electron chi connectivity index (χ4n) is 4.66. The predicted molar refractivity (Wildman–Crippen MR) is 119 cm³/mol. The molecule has 7 nitrogen and oxygen atoms in total. The first-order valence-electron chi connectivity index (χ1n) is 10.9. The first-order chi connectivity index (χ1) is 15.3. The van der Waals surface area contributed by atoms with Crippen molar-refractivity contribution in [2.24, 2.45) is 11.8 Å². The van der Waals surface area contributed by atoms with Gasteiger partial charge >= 0.3 is 5.97 Å². The summed E-state index contributed by atoms with van der Waals surface area (Å²) in [5.41, 5.74) is 3.03. The molecule has 2 aromatic rings. The van der Waals surface area contributed by atoms with Crippen molar-refractivity contribution in [3.05, 3.63) is 64.2 Å². The predicted octanol–water partition coefficient (Wildman–Crippen LogP) is 3.72. The van der Waals surface area contributed by atoms with Crippen LogP contribution in [0.1, 0.15) is 67.9 Å². The minimum Gasteiger partial charge on any atom is -0.481 e. The SMILES string of the molecule is Cc1ccc(C)c(N2C(=O)c3ccc(C(=O)NC[C@@H]4CCCC[C@@H]4C(=O)O)cc3C2=O)c1. The van der Waals surface area contributed by atoms with E-state index in [1.807, 2.05) is 26.0 Å². The smallest absolute Gasteiger partial charge is 0.306 e. The van der Waals surface area contributed by atoms with Crippen molar-refractivity contribution < 1.29 is 24.3 Å². The monoisotopic (exact) mass is 434 g/mol. The van der Waals surface area contributed by atoms with Crippen LogP contribution in [0.15, 0.2) is 36.4 Å². The number of nitrogens with zero attached hydrogens (tertiary/aromatic N) is 1. The molecular formula is C25H26N2O5. The number of rotatable bonds is 5. The number of aryl methyl sites for hydroxylation is 2. The van der Waals surface area contributed by atoms with Crippen molar-refractivity contribution in [1.29, 1.82) is 0 Å². The van der Waals surface area contributed by atoms with Crippen molar-refractivity contribution in [1.82, 2.24) is 5.32 Å². The molecular weight excluding hydrogens is 408 g/mol. The summed E-state index contributed by atoms with van der Waals surface area (Å²) in [4.78, 5) is 51.4. The van der Waals surface area contributed by atoms with Gasteiger partial charge in [-0.3, -0.25) is 19.2 Å². The van der Waals surface area contributed by atoms with Gasteiger partial charge < -0.3 is 10.4 Å². The number of carbonyl (C=O) groups is 4. The molecule has 2 N–H and O–H groups in total. The number of hydrogen-bond donors (Lipinski definition) is 2. The van der Waals surface area contributed by atoms with Gasteiger partial charge in [-0.1, -0.05) is 25.0 Å². The summed E-state index contributed by atoms with van der Waals surface area (Å²) in [7, 11) is 0. The van der Waals surface area contributed by atoms with Gasteiger partial charge in [0.25, 0.3) is 17.7 Å². The van der Waals surface area contributed by atoms with E-state index in [-0.39, 0.29) is 35.1 Å². The van der Waals surface area contributed by atoms with Gasteiger partial charge in [-0.05, 0) is 68.0 Å². The number of anilines is 1. The highest BCUT2D eigenvalue weighted by Gasteiger charge is 2.38. The molecule has 1 aliphatic carbocycles. The Kier molecular flexibility index (Phi) is 5.82. The molecule has 2 aliphatic rings. The average Bonchev–Trinajstić information content (AvgIpc) is 3.03. The molecule has 166 valence electrons. The third kappa shape index (κ3) is 3.90. The van der Waals surface area contributed by atoms with Crippen LogP contribution in [0.5, 0.6) is 0 Å². The van der Waals surface area contributed by atoms with Crippen molar-refractivity contribution in [2.45, 2.75) is 39.5 Å². The molecule has 0 bridgehead atoms. The average molecular weight is 434 g/mol. The summed E-state index contributed by atoms with van der Waals surface area (Å²) in [6.07, 6.45) is 3.23. The van der Waals surface area contributed by atoms with Gasteiger partial charge in [0.15, 0.2) is 0 Å². The van der Waals surface area contributed by atoms with Gasteiger partial charge in [0.1, 0.15) is 0 Å². The second-order valence-electron chi connectivity index (χ2n) is 8.70. The van der Waals surface area contributed by atoms with E-state index in [9.17, 15) is 24.3 Å². The fourth-order valence-corrected chi connectivity index (χ4v) is 4.66. The maximum atomic E-state index is 13.1. The molecule has 7 heteroatoms. The van der Waals surface area contributed by atoms with Crippen LogP contribution in [0.4, 0.5) is 5.69 Å². The lowest BCUT2D eigenvalue weighted by atomic mass is 9.79. The summed E-state index contributed by atoms with van der Waals surface area (Å²) in [5.74, 6) is -2.62. The van der Waals surface area contributed by atoms with E-state index in [4.69, 9.17) is 0 Å². The molecule has 32 heavy (non-hydrogen) atoms. The molecule has 0 saturated heterocycles. The van der Waals surface area contributed by atoms with Crippen molar-refractivity contribution in [2.75, 3.05) is 11.4 Å². The van der Waals surface area contributed by atoms with Gasteiger partial charge in [-0.25, -0.2) is 4.90 Å². The van der Waals surface area contributed by atoms with Crippen molar-refractivity contribution in [3.63, 3.8) is 0 Å². The number of carbonyl (C=O) groups excluding carboxylic acids is 3. The summed E-state index contributed by atoms with van der Waals surface area (Å²) >= 11 is 0. The highest BCUT2D eigenvalue weighted by Crippen LogP contribution is 2.32. The zero-order chi connectivity index (χ0) is 23.0. The molecule has 0 spiro atoms. The van der Waals surface area contributed by atoms with E-state index in [2.05, 4.69) is 5.32 Å². The maximum Gasteiger partial charge on any atom is 0.306 e. The van der Waals surface area contributed by atoms with E-state index in [1.54, 1.807) is 6.07 Å². The first kappa shape index (κ1) is 21.7. The molecule has 2 atom stereocenters. The van der Waals surface area contributed by atoms with E-state index in [1.165, 1.54) is 18.2 Å². The quantitative estimate of drug-likeness (QED) is 0.698. The number of imide groups is 1. The van der Waals surface area contributed by atoms with Gasteiger partial charge in [0.2, 0.25) is 0 Å². The highest BCUT2D eigenvalue weighted by atomic mass is 16.4. The van der Waals surface area contributed by atoms with Crippen molar-refractivity contribution >= 4 is 29.4 Å². The molecule has 1 fully saturated rings. The number of benzene rings is 2. The minimum absolute atomic E-state index is 0.109. The van der Waals surface area contributed by atoms with Gasteiger partial charge in [0, 0.05) is 12.1 Å². The maximum absolute atomic E-state index is 13.1. The van der Waals surface area contributed by atoms with Crippen LogP contribution in [0, 0.1) is 25.7 Å². The lowest BCUT2D eigenvalue weighted by molar-refractivity contribution is -0.144. The van der Waals surface area contributed by atoms with Crippen LogP contribution in [-0.4, -0.2) is 35.3 Å².